The summed E-state index contributed by atoms with van der Waals surface area (Å²) in [5, 5.41) is 0. The molecule has 0 amide bonds. The molecular weight excluding hydrogens is 836 g/mol. The molecule has 0 radical (unpaired) electrons. The summed E-state index contributed by atoms with van der Waals surface area (Å²) in [6.07, 6.45) is -16.9. The van der Waals surface area contributed by atoms with E-state index in [9.17, 15) is 31.1 Å². The van der Waals surface area contributed by atoms with Gasteiger partial charge in [0, 0.05) is 0 Å². The average molecular weight is 859 g/mol. The van der Waals surface area contributed by atoms with Gasteiger partial charge in [-0.1, -0.05) is 24.3 Å². The number of carbonyl (C=O) groups is 1. The van der Waals surface area contributed by atoms with E-state index < -0.39 is 125 Å². The van der Waals surface area contributed by atoms with Crippen molar-refractivity contribution >= 4 is 6.16 Å². The first-order chi connectivity index (χ1) is 27.0. The highest BCUT2D eigenvalue weighted by Gasteiger charge is 2.67. The molecule has 4 rings (SSSR count). The summed E-state index contributed by atoms with van der Waals surface area (Å²) in [5.41, 5.74) is -17.3. The minimum Gasteiger partial charge on any atom is -0.497 e. The highest BCUT2D eigenvalue weighted by molar-refractivity contribution is 5.63. The van der Waals surface area contributed by atoms with Crippen molar-refractivity contribution in [3.8, 4) is 11.5 Å². The Kier molecular flexibility index (Phi) is 13.4. The maximum atomic E-state index is 15.2. The maximum Gasteiger partial charge on any atom is 0.510 e. The number of rotatable bonds is 14. The van der Waals surface area contributed by atoms with Crippen molar-refractivity contribution in [3.05, 3.63) is 129 Å². The van der Waals surface area contributed by atoms with E-state index in [1.54, 1.807) is 0 Å². The SMILES string of the molecule is COc1ccc(COC[C@](OC(=O)O[C@@](COCc2ccc(OC)cc2)(c2c(F)c(F)c(F)c(F)c2F)C(F)(F)F)(c2c(F)c(F)c(F)c(F)c2F)C(F)(F)F)cc1. The van der Waals surface area contributed by atoms with E-state index in [0.29, 0.717) is 0 Å². The number of benzene rings is 4. The molecule has 0 spiro atoms. The molecule has 0 N–H and O–H groups in total. The Morgan fingerprint density at radius 3 is 0.948 bits per heavy atom. The molecule has 0 saturated carbocycles. The third kappa shape index (κ3) is 8.54. The largest absolute Gasteiger partial charge is 0.510 e. The van der Waals surface area contributed by atoms with Gasteiger partial charge in [-0.3, -0.25) is 0 Å². The Labute approximate surface area is 314 Å². The average Bonchev–Trinajstić information content (AvgIpc) is 3.17. The molecule has 0 aliphatic carbocycles. The summed E-state index contributed by atoms with van der Waals surface area (Å²) < 4.78 is 264. The molecule has 0 aromatic heterocycles. The summed E-state index contributed by atoms with van der Waals surface area (Å²) in [4.78, 5) is 13.2. The van der Waals surface area contributed by atoms with Crippen LogP contribution in [-0.2, 0) is 43.4 Å². The Hall–Kier alpha value is -5.45. The lowest BCUT2D eigenvalue weighted by Gasteiger charge is -2.38. The van der Waals surface area contributed by atoms with Crippen molar-refractivity contribution in [2.45, 2.75) is 36.8 Å². The molecule has 0 aliphatic heterocycles. The number of methoxy groups -OCH3 is 2. The maximum absolute atomic E-state index is 15.2. The molecule has 2 atom stereocenters. The lowest BCUT2D eigenvalue weighted by atomic mass is 9.91. The normalized spacial score (nSPS) is 14.1. The third-order valence-electron chi connectivity index (χ3n) is 8.12. The van der Waals surface area contributed by atoms with Crippen molar-refractivity contribution < 1.29 is 103 Å². The molecule has 0 bridgehead atoms. The van der Waals surface area contributed by atoms with Crippen LogP contribution in [0.25, 0.3) is 0 Å². The van der Waals surface area contributed by atoms with Crippen molar-refractivity contribution in [2.24, 2.45) is 0 Å². The number of hydrogen-bond acceptors (Lipinski definition) is 7. The zero-order chi connectivity index (χ0) is 43.5. The van der Waals surface area contributed by atoms with Crippen LogP contribution in [0.3, 0.4) is 0 Å². The zero-order valence-electron chi connectivity index (χ0n) is 28.9. The van der Waals surface area contributed by atoms with Gasteiger partial charge < -0.3 is 28.4 Å². The molecule has 0 heterocycles. The van der Waals surface area contributed by atoms with Crippen LogP contribution in [0, 0.1) is 58.2 Å². The first kappa shape index (κ1) is 45.3. The van der Waals surface area contributed by atoms with Crippen LogP contribution in [0.2, 0.25) is 0 Å². The monoisotopic (exact) mass is 858 g/mol. The van der Waals surface area contributed by atoms with E-state index in [0.717, 1.165) is 24.3 Å². The van der Waals surface area contributed by atoms with Crippen molar-refractivity contribution in [1.29, 1.82) is 0 Å². The standard InChI is InChI=1S/C35H22F16O7/c1-53-17-7-3-15(4-8-17)11-55-13-32(34(46,47)48,19-21(36)25(40)29(44)26(41)22(19)37)57-31(52)58-33(35(49,50)51,14-56-12-16-5-9-18(54-2)10-6-16)20-23(38)27(42)30(45)28(43)24(20)39/h3-10H,11-14H2,1-2H3/t32-,33-/m0/s1. The summed E-state index contributed by atoms with van der Waals surface area (Å²) in [7, 11) is 2.41. The van der Waals surface area contributed by atoms with E-state index in [4.69, 9.17) is 18.9 Å². The number of halogens is 16. The van der Waals surface area contributed by atoms with E-state index in [2.05, 4.69) is 9.47 Å². The quantitative estimate of drug-likeness (QED) is 0.0542. The molecule has 0 aliphatic rings. The van der Waals surface area contributed by atoms with Gasteiger partial charge in [0.1, 0.15) is 24.7 Å². The van der Waals surface area contributed by atoms with Crippen LogP contribution < -0.4 is 9.47 Å². The summed E-state index contributed by atoms with van der Waals surface area (Å²) in [5.74, 6) is -31.7. The second-order valence-corrected chi connectivity index (χ2v) is 11.7. The number of carbonyl (C=O) groups excluding carboxylic acids is 1. The van der Waals surface area contributed by atoms with Crippen LogP contribution in [-0.4, -0.2) is 45.9 Å². The predicted octanol–water partition coefficient (Wildman–Crippen LogP) is 9.90. The van der Waals surface area contributed by atoms with Gasteiger partial charge in [0.2, 0.25) is 11.6 Å². The van der Waals surface area contributed by atoms with Gasteiger partial charge in [0.05, 0.1) is 38.6 Å². The third-order valence-corrected chi connectivity index (χ3v) is 8.12. The smallest absolute Gasteiger partial charge is 0.497 e. The Morgan fingerprint density at radius 1 is 0.448 bits per heavy atom. The fourth-order valence-corrected chi connectivity index (χ4v) is 5.16. The summed E-state index contributed by atoms with van der Waals surface area (Å²) >= 11 is 0. The highest BCUT2D eigenvalue weighted by Crippen LogP contribution is 2.50. The van der Waals surface area contributed by atoms with Gasteiger partial charge in [0.15, 0.2) is 46.5 Å². The number of alkyl halides is 6. The van der Waals surface area contributed by atoms with Gasteiger partial charge >= 0.3 is 18.5 Å². The number of ether oxygens (including phenoxy) is 6. The van der Waals surface area contributed by atoms with Gasteiger partial charge in [-0.2, -0.15) is 26.3 Å². The van der Waals surface area contributed by atoms with Crippen LogP contribution >= 0.6 is 0 Å². The molecule has 7 nitrogen and oxygen atoms in total. The van der Waals surface area contributed by atoms with Crippen molar-refractivity contribution in [3.63, 3.8) is 0 Å². The Morgan fingerprint density at radius 2 is 0.707 bits per heavy atom. The molecule has 4 aromatic carbocycles. The second kappa shape index (κ2) is 17.2. The molecule has 0 saturated heterocycles. The summed E-state index contributed by atoms with van der Waals surface area (Å²) in [6.45, 7) is -7.31. The molecule has 316 valence electrons. The van der Waals surface area contributed by atoms with E-state index >= 15 is 43.9 Å². The zero-order valence-corrected chi connectivity index (χ0v) is 28.9. The van der Waals surface area contributed by atoms with Crippen molar-refractivity contribution in [2.75, 3.05) is 27.4 Å². The molecule has 23 heteroatoms. The van der Waals surface area contributed by atoms with E-state index in [-0.39, 0.29) is 22.6 Å². The Bertz CT molecular complexity index is 1920. The second-order valence-electron chi connectivity index (χ2n) is 11.7. The van der Waals surface area contributed by atoms with Gasteiger partial charge in [-0.15, -0.1) is 0 Å². The van der Waals surface area contributed by atoms with Crippen LogP contribution in [0.5, 0.6) is 11.5 Å². The first-order valence-electron chi connectivity index (χ1n) is 15.5. The van der Waals surface area contributed by atoms with Crippen LogP contribution in [0.4, 0.5) is 75.0 Å². The topological polar surface area (TPSA) is 72.5 Å². The lowest BCUT2D eigenvalue weighted by molar-refractivity contribution is -0.313. The highest BCUT2D eigenvalue weighted by atomic mass is 19.4. The van der Waals surface area contributed by atoms with Gasteiger partial charge in [-0.05, 0) is 35.4 Å². The Balaban J connectivity index is 1.92. The minimum atomic E-state index is -6.68. The van der Waals surface area contributed by atoms with E-state index in [1.807, 2.05) is 0 Å². The van der Waals surface area contributed by atoms with Crippen LogP contribution in [0.1, 0.15) is 22.3 Å². The minimum absolute atomic E-state index is 0.117. The number of hydrogen-bond donors (Lipinski definition) is 0. The lowest BCUT2D eigenvalue weighted by Crippen LogP contribution is -2.55. The van der Waals surface area contributed by atoms with E-state index in [1.165, 1.54) is 38.5 Å². The first-order valence-corrected chi connectivity index (χ1v) is 15.5. The molecule has 58 heavy (non-hydrogen) atoms. The van der Waals surface area contributed by atoms with Crippen molar-refractivity contribution in [1.82, 2.24) is 0 Å². The molecular formula is C35H22F16O7. The predicted molar refractivity (Wildman–Crippen MR) is 161 cm³/mol. The molecule has 4 aromatic rings. The summed E-state index contributed by atoms with van der Waals surface area (Å²) in [6, 6.07) is 9.21. The van der Waals surface area contributed by atoms with Crippen LogP contribution in [0.15, 0.2) is 48.5 Å². The van der Waals surface area contributed by atoms with Gasteiger partial charge in [0.25, 0.3) is 11.2 Å². The molecule has 0 fully saturated rings. The fourth-order valence-electron chi connectivity index (χ4n) is 5.16. The van der Waals surface area contributed by atoms with Gasteiger partial charge in [-0.25, -0.2) is 48.7 Å². The molecule has 0 unspecified atom stereocenters. The fraction of sp³-hybridized carbons (Fsp3) is 0.286.